The molecule has 25 heavy (non-hydrogen) atoms. The summed E-state index contributed by atoms with van der Waals surface area (Å²) in [4.78, 5) is 24.6. The fourth-order valence-electron chi connectivity index (χ4n) is 2.54. The van der Waals surface area contributed by atoms with E-state index in [2.05, 4.69) is 10.6 Å². The molecule has 10 heteroatoms. The number of hydrogen-bond acceptors (Lipinski definition) is 4. The molecule has 3 N–H and O–H groups in total. The van der Waals surface area contributed by atoms with Gasteiger partial charge in [0.2, 0.25) is 0 Å². The van der Waals surface area contributed by atoms with E-state index in [4.69, 9.17) is 23.2 Å². The van der Waals surface area contributed by atoms with E-state index in [1.54, 1.807) is 31.3 Å². The summed E-state index contributed by atoms with van der Waals surface area (Å²) >= 11 is 11.7. The quantitative estimate of drug-likeness (QED) is 0.543. The van der Waals surface area contributed by atoms with E-state index in [0.717, 1.165) is 0 Å². The van der Waals surface area contributed by atoms with Crippen LogP contribution in [0.25, 0.3) is 0 Å². The second-order valence-electron chi connectivity index (χ2n) is 6.13. The van der Waals surface area contributed by atoms with Crippen LogP contribution >= 0.6 is 23.2 Å². The molecule has 0 radical (unpaired) electrons. The minimum absolute atomic E-state index is 0.0359. The summed E-state index contributed by atoms with van der Waals surface area (Å²) in [5.74, 6) is -0.870. The van der Waals surface area contributed by atoms with Crippen molar-refractivity contribution in [2.24, 2.45) is 0 Å². The minimum atomic E-state index is -3.20. The second-order valence-corrected chi connectivity index (χ2v) is 9.28. The molecule has 1 fully saturated rings. The molecule has 138 valence electrons. The summed E-state index contributed by atoms with van der Waals surface area (Å²) in [6, 6.07) is 6.11. The third-order valence-corrected chi connectivity index (χ3v) is 6.31. The van der Waals surface area contributed by atoms with E-state index < -0.39 is 21.3 Å². The van der Waals surface area contributed by atoms with Gasteiger partial charge in [-0.1, -0.05) is 11.6 Å². The Morgan fingerprint density at radius 1 is 1.16 bits per heavy atom. The average molecular weight is 409 g/mol. The largest absolute Gasteiger partial charge is 0.346 e. The molecule has 7 nitrogen and oxygen atoms in total. The topological polar surface area (TPSA) is 96.8 Å². The van der Waals surface area contributed by atoms with E-state index in [1.807, 2.05) is 0 Å². The normalized spacial score (nSPS) is 23.0. The molecular weight excluding hydrogens is 389 g/mol. The average Bonchev–Trinajstić information content (AvgIpc) is 2.73. The fraction of sp³-hybridized carbons (Fsp3) is 0.467. The highest BCUT2D eigenvalue weighted by atomic mass is 35.5. The Morgan fingerprint density at radius 2 is 1.76 bits per heavy atom. The van der Waals surface area contributed by atoms with Gasteiger partial charge in [-0.2, -0.15) is 0 Å². The second kappa shape index (κ2) is 8.35. The molecule has 0 saturated carbocycles. The lowest BCUT2D eigenvalue weighted by molar-refractivity contribution is -0.862. The van der Waals surface area contributed by atoms with Crippen LogP contribution in [0.5, 0.6) is 0 Å². The van der Waals surface area contributed by atoms with Crippen LogP contribution in [0.2, 0.25) is 5.02 Å². The monoisotopic (exact) mass is 408 g/mol. The number of nitrogens with one attached hydrogen (secondary N) is 3. The number of carbonyl (C=O) groups is 2. The van der Waals surface area contributed by atoms with Crippen LogP contribution in [-0.4, -0.2) is 63.3 Å². The number of amides is 2. The van der Waals surface area contributed by atoms with E-state index in [1.165, 1.54) is 0 Å². The summed E-state index contributed by atoms with van der Waals surface area (Å²) < 4.78 is 23.0. The third-order valence-electron chi connectivity index (χ3n) is 3.68. The molecule has 1 aromatic carbocycles. The highest BCUT2D eigenvalue weighted by Gasteiger charge is 2.37. The molecule has 2 rings (SSSR count). The van der Waals surface area contributed by atoms with E-state index >= 15 is 0 Å². The Labute approximate surface area is 156 Å². The van der Waals surface area contributed by atoms with E-state index in [9.17, 15) is 18.0 Å². The highest BCUT2D eigenvalue weighted by molar-refractivity contribution is 7.91. The predicted octanol–water partition coefficient (Wildman–Crippen LogP) is -0.686. The number of quaternary nitrogens is 1. The first kappa shape index (κ1) is 20.0. The number of alkyl halides is 1. The Balaban J connectivity index is 1.77. The van der Waals surface area contributed by atoms with Gasteiger partial charge in [-0.25, -0.2) is 8.42 Å². The number of sulfone groups is 1. The third kappa shape index (κ3) is 6.47. The predicted molar refractivity (Wildman–Crippen MR) is 96.9 cm³/mol. The maximum atomic E-state index is 12.0. The first-order valence-electron chi connectivity index (χ1n) is 7.65. The van der Waals surface area contributed by atoms with Crippen molar-refractivity contribution in [3.05, 3.63) is 29.3 Å². The standard InChI is InChI=1S/C15H19Cl2N3O4S/c1-20(6-14(21)18-11-4-2-10(16)3-5-11)7-15(22)19-13-9-25(23,24)8-12(13)17/h2-5,12-13H,6-9H2,1H3,(H,18,21)(H,19,22)/p+1/t12-,13+/m0/s1. The molecule has 2 amide bonds. The smallest absolute Gasteiger partial charge is 0.279 e. The molecule has 0 bridgehead atoms. The molecule has 3 atom stereocenters. The zero-order valence-corrected chi connectivity index (χ0v) is 15.9. The van der Waals surface area contributed by atoms with Gasteiger partial charge >= 0.3 is 0 Å². The number of likely N-dealkylation sites (N-methyl/N-ethyl adjacent to an activating group) is 1. The van der Waals surface area contributed by atoms with E-state index in [0.29, 0.717) is 15.6 Å². The Bertz CT molecular complexity index is 740. The van der Waals surface area contributed by atoms with Crippen LogP contribution in [0.3, 0.4) is 0 Å². The van der Waals surface area contributed by atoms with Gasteiger partial charge in [-0.05, 0) is 24.3 Å². The SMILES string of the molecule is C[NH+](CC(=O)Nc1ccc(Cl)cc1)CC(=O)N[C@@H]1CS(=O)(=O)C[C@@H]1Cl. The molecule has 1 aromatic rings. The first-order valence-corrected chi connectivity index (χ1v) is 10.3. The fourth-order valence-corrected chi connectivity index (χ4v) is 5.22. The van der Waals surface area contributed by atoms with Crippen LogP contribution < -0.4 is 15.5 Å². The van der Waals surface area contributed by atoms with Crippen LogP contribution in [-0.2, 0) is 19.4 Å². The lowest BCUT2D eigenvalue weighted by atomic mass is 10.2. The van der Waals surface area contributed by atoms with Crippen LogP contribution in [0.4, 0.5) is 5.69 Å². The minimum Gasteiger partial charge on any atom is -0.346 e. The summed E-state index contributed by atoms with van der Waals surface area (Å²) in [6.07, 6.45) is 0. The van der Waals surface area contributed by atoms with Gasteiger partial charge in [0.25, 0.3) is 11.8 Å². The van der Waals surface area contributed by atoms with Gasteiger partial charge < -0.3 is 15.5 Å². The van der Waals surface area contributed by atoms with Gasteiger partial charge in [-0.3, -0.25) is 9.59 Å². The molecular formula is C15H20Cl2N3O4S+. The number of anilines is 1. The summed E-state index contributed by atoms with van der Waals surface area (Å²) in [7, 11) is -1.50. The van der Waals surface area contributed by atoms with Crippen LogP contribution in [0.15, 0.2) is 24.3 Å². The van der Waals surface area contributed by atoms with Crippen molar-refractivity contribution in [3.63, 3.8) is 0 Å². The molecule has 1 aliphatic rings. The van der Waals surface area contributed by atoms with Crippen molar-refractivity contribution in [1.82, 2.24) is 5.32 Å². The van der Waals surface area contributed by atoms with Crippen molar-refractivity contribution in [1.29, 1.82) is 0 Å². The molecule has 0 spiro atoms. The van der Waals surface area contributed by atoms with Crippen molar-refractivity contribution in [3.8, 4) is 0 Å². The van der Waals surface area contributed by atoms with E-state index in [-0.39, 0.29) is 36.4 Å². The Morgan fingerprint density at radius 3 is 2.32 bits per heavy atom. The lowest BCUT2D eigenvalue weighted by Crippen LogP contribution is -3.11. The Hall–Kier alpha value is -1.35. The molecule has 1 unspecified atom stereocenters. The van der Waals surface area contributed by atoms with Gasteiger partial charge in [0.05, 0.1) is 30.0 Å². The zero-order chi connectivity index (χ0) is 18.6. The maximum absolute atomic E-state index is 12.0. The van der Waals surface area contributed by atoms with Crippen molar-refractivity contribution in [2.75, 3.05) is 37.0 Å². The highest BCUT2D eigenvalue weighted by Crippen LogP contribution is 2.17. The van der Waals surface area contributed by atoms with Crippen molar-refractivity contribution >= 4 is 50.5 Å². The summed E-state index contributed by atoms with van der Waals surface area (Å²) in [5.41, 5.74) is 0.618. The molecule has 1 aliphatic heterocycles. The molecule has 0 aliphatic carbocycles. The molecule has 1 saturated heterocycles. The number of halogens is 2. The van der Waals surface area contributed by atoms with Crippen molar-refractivity contribution in [2.45, 2.75) is 11.4 Å². The first-order chi connectivity index (χ1) is 11.6. The number of rotatable bonds is 6. The number of hydrogen-bond donors (Lipinski definition) is 3. The molecule has 1 heterocycles. The lowest BCUT2D eigenvalue weighted by Gasteiger charge is -2.17. The Kier molecular flexibility index (Phi) is 6.67. The van der Waals surface area contributed by atoms with Gasteiger partial charge in [0.1, 0.15) is 0 Å². The zero-order valence-electron chi connectivity index (χ0n) is 13.6. The molecule has 0 aromatic heterocycles. The van der Waals surface area contributed by atoms with Crippen LogP contribution in [0.1, 0.15) is 0 Å². The van der Waals surface area contributed by atoms with Crippen LogP contribution in [0, 0.1) is 0 Å². The van der Waals surface area contributed by atoms with Gasteiger partial charge in [-0.15, -0.1) is 11.6 Å². The van der Waals surface area contributed by atoms with Crippen molar-refractivity contribution < 1.29 is 22.9 Å². The van der Waals surface area contributed by atoms with Gasteiger partial charge in [0.15, 0.2) is 22.9 Å². The summed E-state index contributed by atoms with van der Waals surface area (Å²) in [6.45, 7) is 0.123. The maximum Gasteiger partial charge on any atom is 0.279 e. The number of benzene rings is 1. The van der Waals surface area contributed by atoms with Gasteiger partial charge in [0, 0.05) is 10.7 Å². The number of carbonyl (C=O) groups excluding carboxylic acids is 2. The summed E-state index contributed by atoms with van der Waals surface area (Å²) in [5, 5.41) is 5.29.